The summed E-state index contributed by atoms with van der Waals surface area (Å²) < 4.78 is 3.52. The minimum absolute atomic E-state index is 0.0585. The number of imidazole rings is 1. The minimum Gasteiger partial charge on any atom is -0.324 e. The zero-order chi connectivity index (χ0) is 15.0. The highest BCUT2D eigenvalue weighted by Gasteiger charge is 2.24. The SMILES string of the molecule is CC1CCCC(n2c(C(C)Cl)nc3ccc(Br)cc32)CC1. The van der Waals surface area contributed by atoms with Crippen LogP contribution in [0.25, 0.3) is 11.0 Å². The van der Waals surface area contributed by atoms with Gasteiger partial charge in [-0.2, -0.15) is 0 Å². The average molecular weight is 370 g/mol. The monoisotopic (exact) mass is 368 g/mol. The fourth-order valence-electron chi connectivity index (χ4n) is 3.47. The van der Waals surface area contributed by atoms with E-state index in [2.05, 4.69) is 45.6 Å². The molecular weight excluding hydrogens is 348 g/mol. The molecule has 0 N–H and O–H groups in total. The number of halogens is 2. The summed E-state index contributed by atoms with van der Waals surface area (Å²) in [4.78, 5) is 4.79. The molecule has 0 bridgehead atoms. The lowest BCUT2D eigenvalue weighted by Gasteiger charge is -2.21. The van der Waals surface area contributed by atoms with Crippen LogP contribution in [0.1, 0.15) is 63.2 Å². The van der Waals surface area contributed by atoms with Gasteiger partial charge in [-0.05, 0) is 50.3 Å². The molecule has 1 saturated carbocycles. The van der Waals surface area contributed by atoms with Gasteiger partial charge in [0, 0.05) is 10.5 Å². The van der Waals surface area contributed by atoms with E-state index in [4.69, 9.17) is 16.6 Å². The first-order valence-corrected chi connectivity index (χ1v) is 9.10. The topological polar surface area (TPSA) is 17.8 Å². The Kier molecular flexibility index (Phi) is 4.60. The van der Waals surface area contributed by atoms with E-state index in [1.165, 1.54) is 37.6 Å². The van der Waals surface area contributed by atoms with E-state index in [1.54, 1.807) is 0 Å². The Morgan fingerprint density at radius 3 is 2.86 bits per heavy atom. The van der Waals surface area contributed by atoms with E-state index >= 15 is 0 Å². The average Bonchev–Trinajstić information content (AvgIpc) is 2.68. The van der Waals surface area contributed by atoms with Gasteiger partial charge in [-0.25, -0.2) is 4.98 Å². The zero-order valence-electron chi connectivity index (χ0n) is 12.6. The first kappa shape index (κ1) is 15.4. The molecule has 3 atom stereocenters. The van der Waals surface area contributed by atoms with Crippen molar-refractivity contribution in [3.63, 3.8) is 0 Å². The Hall–Kier alpha value is -0.540. The van der Waals surface area contributed by atoms with Crippen molar-refractivity contribution in [1.82, 2.24) is 9.55 Å². The zero-order valence-corrected chi connectivity index (χ0v) is 15.0. The van der Waals surface area contributed by atoms with Crippen LogP contribution >= 0.6 is 27.5 Å². The van der Waals surface area contributed by atoms with Crippen LogP contribution in [0, 0.1) is 5.92 Å². The summed E-state index contributed by atoms with van der Waals surface area (Å²) in [5, 5.41) is -0.0585. The van der Waals surface area contributed by atoms with Gasteiger partial charge in [-0.3, -0.25) is 0 Å². The van der Waals surface area contributed by atoms with Gasteiger partial charge in [-0.1, -0.05) is 35.7 Å². The molecule has 2 nitrogen and oxygen atoms in total. The molecule has 0 spiro atoms. The van der Waals surface area contributed by atoms with Crippen molar-refractivity contribution in [2.24, 2.45) is 5.92 Å². The molecule has 4 heteroatoms. The molecule has 1 aliphatic rings. The fraction of sp³-hybridized carbons (Fsp3) is 0.588. The van der Waals surface area contributed by atoms with Crippen LogP contribution in [0.15, 0.2) is 22.7 Å². The summed E-state index contributed by atoms with van der Waals surface area (Å²) in [6.45, 7) is 4.39. The smallest absolute Gasteiger partial charge is 0.127 e. The van der Waals surface area contributed by atoms with Crippen LogP contribution in [0.4, 0.5) is 0 Å². The highest BCUT2D eigenvalue weighted by Crippen LogP contribution is 2.36. The van der Waals surface area contributed by atoms with Gasteiger partial charge in [0.1, 0.15) is 5.82 Å². The Bertz CT molecular complexity index is 635. The second-order valence-electron chi connectivity index (χ2n) is 6.36. The van der Waals surface area contributed by atoms with E-state index in [1.807, 2.05) is 6.92 Å². The van der Waals surface area contributed by atoms with Crippen molar-refractivity contribution >= 4 is 38.6 Å². The molecule has 2 aromatic rings. The Morgan fingerprint density at radius 1 is 1.29 bits per heavy atom. The summed E-state index contributed by atoms with van der Waals surface area (Å²) in [7, 11) is 0. The fourth-order valence-corrected chi connectivity index (χ4v) is 3.98. The molecule has 0 amide bonds. The van der Waals surface area contributed by atoms with Crippen LogP contribution in [-0.4, -0.2) is 9.55 Å². The maximum Gasteiger partial charge on any atom is 0.127 e. The molecule has 21 heavy (non-hydrogen) atoms. The first-order chi connectivity index (χ1) is 10.1. The number of nitrogens with zero attached hydrogens (tertiary/aromatic N) is 2. The van der Waals surface area contributed by atoms with E-state index in [-0.39, 0.29) is 5.38 Å². The maximum absolute atomic E-state index is 6.41. The summed E-state index contributed by atoms with van der Waals surface area (Å²) in [5.74, 6) is 1.86. The van der Waals surface area contributed by atoms with E-state index in [9.17, 15) is 0 Å². The quantitative estimate of drug-likeness (QED) is 0.452. The lowest BCUT2D eigenvalue weighted by Crippen LogP contribution is -2.12. The van der Waals surface area contributed by atoms with Gasteiger partial charge in [0.05, 0.1) is 16.4 Å². The third-order valence-electron chi connectivity index (χ3n) is 4.63. The largest absolute Gasteiger partial charge is 0.324 e. The standard InChI is InChI=1S/C17H22BrClN2/c1-11-4-3-5-14(8-6-11)21-16-10-13(18)7-9-15(16)20-17(21)12(2)19/h7,9-12,14H,3-6,8H2,1-2H3. The predicted molar refractivity (Wildman–Crippen MR) is 93.0 cm³/mol. The van der Waals surface area contributed by atoms with Crippen molar-refractivity contribution in [2.45, 2.75) is 57.4 Å². The van der Waals surface area contributed by atoms with E-state index in [0.29, 0.717) is 6.04 Å². The van der Waals surface area contributed by atoms with Gasteiger partial charge in [0.2, 0.25) is 0 Å². The molecule has 1 heterocycles. The molecular formula is C17H22BrClN2. The maximum atomic E-state index is 6.41. The molecule has 1 aromatic carbocycles. The second kappa shape index (κ2) is 6.29. The number of rotatable bonds is 2. The summed E-state index contributed by atoms with van der Waals surface area (Å²) in [5.41, 5.74) is 2.27. The molecule has 0 radical (unpaired) electrons. The highest BCUT2D eigenvalue weighted by molar-refractivity contribution is 9.10. The summed E-state index contributed by atoms with van der Waals surface area (Å²) >= 11 is 10.0. The number of hydrogen-bond donors (Lipinski definition) is 0. The summed E-state index contributed by atoms with van der Waals surface area (Å²) in [6.07, 6.45) is 6.41. The second-order valence-corrected chi connectivity index (χ2v) is 7.93. The van der Waals surface area contributed by atoms with E-state index < -0.39 is 0 Å². The van der Waals surface area contributed by atoms with Gasteiger partial charge >= 0.3 is 0 Å². The molecule has 3 unspecified atom stereocenters. The summed E-state index contributed by atoms with van der Waals surface area (Å²) in [6, 6.07) is 6.85. The van der Waals surface area contributed by atoms with Crippen LogP contribution < -0.4 is 0 Å². The lowest BCUT2D eigenvalue weighted by molar-refractivity contribution is 0.430. The Balaban J connectivity index is 2.09. The van der Waals surface area contributed by atoms with Gasteiger partial charge < -0.3 is 4.57 Å². The van der Waals surface area contributed by atoms with Crippen molar-refractivity contribution in [1.29, 1.82) is 0 Å². The molecule has 1 fully saturated rings. The van der Waals surface area contributed by atoms with Crippen molar-refractivity contribution in [3.8, 4) is 0 Å². The minimum atomic E-state index is -0.0585. The highest BCUT2D eigenvalue weighted by atomic mass is 79.9. The Morgan fingerprint density at radius 2 is 2.10 bits per heavy atom. The normalized spacial score (nSPS) is 25.0. The van der Waals surface area contributed by atoms with Crippen LogP contribution in [0.5, 0.6) is 0 Å². The van der Waals surface area contributed by atoms with Crippen molar-refractivity contribution < 1.29 is 0 Å². The van der Waals surface area contributed by atoms with E-state index in [0.717, 1.165) is 21.7 Å². The van der Waals surface area contributed by atoms with Gasteiger partial charge in [-0.15, -0.1) is 11.6 Å². The van der Waals surface area contributed by atoms with Crippen LogP contribution in [0.2, 0.25) is 0 Å². The molecule has 0 saturated heterocycles. The predicted octanol–water partition coefficient (Wildman–Crippen LogP) is 6.24. The third kappa shape index (κ3) is 3.14. The van der Waals surface area contributed by atoms with Crippen LogP contribution in [-0.2, 0) is 0 Å². The van der Waals surface area contributed by atoms with Crippen molar-refractivity contribution in [3.05, 3.63) is 28.5 Å². The first-order valence-electron chi connectivity index (χ1n) is 7.87. The number of benzene rings is 1. The number of hydrogen-bond acceptors (Lipinski definition) is 1. The molecule has 3 rings (SSSR count). The van der Waals surface area contributed by atoms with Gasteiger partial charge in [0.15, 0.2) is 0 Å². The third-order valence-corrected chi connectivity index (χ3v) is 5.32. The molecule has 1 aliphatic carbocycles. The lowest BCUT2D eigenvalue weighted by atomic mass is 10.0. The molecule has 114 valence electrons. The number of alkyl halides is 1. The van der Waals surface area contributed by atoms with Crippen molar-refractivity contribution in [2.75, 3.05) is 0 Å². The van der Waals surface area contributed by atoms with Crippen LogP contribution in [0.3, 0.4) is 0 Å². The molecule has 0 aliphatic heterocycles. The molecule has 1 aromatic heterocycles. The Labute approximate surface area is 140 Å². The number of fused-ring (bicyclic) bond motifs is 1. The van der Waals surface area contributed by atoms with Gasteiger partial charge in [0.25, 0.3) is 0 Å². The number of aromatic nitrogens is 2.